The number of ether oxygens (including phenoxy) is 3. The van der Waals surface area contributed by atoms with Crippen molar-refractivity contribution < 1.29 is 14.2 Å². The summed E-state index contributed by atoms with van der Waals surface area (Å²) in [6.45, 7) is 11.4. The van der Waals surface area contributed by atoms with E-state index in [9.17, 15) is 4.79 Å². The molecule has 14 heteroatoms. The van der Waals surface area contributed by atoms with E-state index in [1.807, 2.05) is 56.3 Å². The number of aromatic nitrogens is 6. The molecule has 2 saturated heterocycles. The highest BCUT2D eigenvalue weighted by atomic mass is 35.5. The minimum atomic E-state index is -1.10. The second kappa shape index (κ2) is 17.5. The second-order valence-corrected chi connectivity index (χ2v) is 13.8. The van der Waals surface area contributed by atoms with Crippen LogP contribution >= 0.6 is 23.2 Å². The quantitative estimate of drug-likeness (QED) is 0.156. The van der Waals surface area contributed by atoms with E-state index in [4.69, 9.17) is 37.4 Å². The fraction of sp³-hybridized carbons (Fsp3) is 0.421. The van der Waals surface area contributed by atoms with Gasteiger partial charge in [0, 0.05) is 42.5 Å². The van der Waals surface area contributed by atoms with Crippen LogP contribution in [-0.4, -0.2) is 86.6 Å². The molecule has 0 radical (unpaired) electrons. The van der Waals surface area contributed by atoms with Crippen molar-refractivity contribution >= 4 is 28.9 Å². The van der Waals surface area contributed by atoms with Crippen molar-refractivity contribution in [3.05, 3.63) is 117 Å². The summed E-state index contributed by atoms with van der Waals surface area (Å²) in [5, 5.41) is 9.41. The zero-order chi connectivity index (χ0) is 36.0. The molecule has 0 bridgehead atoms. The van der Waals surface area contributed by atoms with Gasteiger partial charge in [0.25, 0.3) is 0 Å². The first-order valence-electron chi connectivity index (χ1n) is 17.1. The molecule has 7 rings (SSSR count). The average Bonchev–Trinajstić information content (AvgIpc) is 3.90. The van der Waals surface area contributed by atoms with E-state index in [0.29, 0.717) is 35.4 Å². The highest BCUT2D eigenvalue weighted by molar-refractivity contribution is 6.35. The number of hydrogen-bond donors (Lipinski definition) is 0. The Balaban J connectivity index is 0.000000201. The molecular formula is C38H48Cl2N8O4. The fourth-order valence-electron chi connectivity index (χ4n) is 5.96. The van der Waals surface area contributed by atoms with Gasteiger partial charge in [-0.1, -0.05) is 61.3 Å². The summed E-state index contributed by atoms with van der Waals surface area (Å²) in [4.78, 5) is 21.2. The van der Waals surface area contributed by atoms with E-state index in [1.165, 1.54) is 17.6 Å². The summed E-state index contributed by atoms with van der Waals surface area (Å²) in [6, 6.07) is 21.4. The maximum absolute atomic E-state index is 12.4. The van der Waals surface area contributed by atoms with Gasteiger partial charge in [-0.05, 0) is 75.8 Å². The normalized spacial score (nSPS) is 19.4. The molecule has 4 heterocycles. The van der Waals surface area contributed by atoms with Crippen LogP contribution in [0.3, 0.4) is 0 Å². The molecule has 2 fully saturated rings. The van der Waals surface area contributed by atoms with Gasteiger partial charge in [0.2, 0.25) is 5.79 Å². The number of hydrogen-bond acceptors (Lipinski definition) is 9. The van der Waals surface area contributed by atoms with Gasteiger partial charge in [-0.3, -0.25) is 0 Å². The number of anilines is 1. The predicted molar refractivity (Wildman–Crippen MR) is 205 cm³/mol. The van der Waals surface area contributed by atoms with Gasteiger partial charge in [-0.15, -0.1) is 0 Å². The standard InChI is InChI=1S/C20H19Cl2N3O3.C17H25N5O.CH4/c1-14-2-5-16(6-3-14)26-9-17-10-27-20(28-17,11-25-13-23-12-24-25)18-7-4-15(21)8-19(18)22;1-4-14(2)22-17(23)21(13-18-22)16-7-5-15(6-8-16)20-11-9-19(3)10-12-20;/h2-8,12-13,17H,9-11H2,1H3;5-8,13-14H,4,9-12H2,1-3H3;1H4. The number of piperazine rings is 1. The molecule has 5 aromatic rings. The van der Waals surface area contributed by atoms with Crippen molar-refractivity contribution in [1.82, 2.24) is 34.0 Å². The van der Waals surface area contributed by atoms with Gasteiger partial charge in [-0.25, -0.2) is 23.7 Å². The van der Waals surface area contributed by atoms with Crippen molar-refractivity contribution in [3.8, 4) is 11.4 Å². The predicted octanol–water partition coefficient (Wildman–Crippen LogP) is 6.63. The minimum absolute atomic E-state index is 0. The van der Waals surface area contributed by atoms with Gasteiger partial charge in [0.1, 0.15) is 44.0 Å². The smallest absolute Gasteiger partial charge is 0.350 e. The second-order valence-electron chi connectivity index (χ2n) is 12.9. The molecule has 0 N–H and O–H groups in total. The summed E-state index contributed by atoms with van der Waals surface area (Å²) in [7, 11) is 2.15. The van der Waals surface area contributed by atoms with Gasteiger partial charge >= 0.3 is 5.69 Å². The molecule has 2 aromatic heterocycles. The van der Waals surface area contributed by atoms with Crippen LogP contribution < -0.4 is 15.3 Å². The van der Waals surface area contributed by atoms with Crippen molar-refractivity contribution in [3.63, 3.8) is 0 Å². The molecule has 3 atom stereocenters. The summed E-state index contributed by atoms with van der Waals surface area (Å²) >= 11 is 12.5. The van der Waals surface area contributed by atoms with Gasteiger partial charge in [0.05, 0.1) is 23.4 Å². The number of benzene rings is 3. The number of aryl methyl sites for hydroxylation is 1. The molecule has 3 unspecified atom stereocenters. The van der Waals surface area contributed by atoms with E-state index >= 15 is 0 Å². The first-order valence-corrected chi connectivity index (χ1v) is 17.9. The number of nitrogens with zero attached hydrogens (tertiary/aromatic N) is 8. The molecule has 278 valence electrons. The van der Waals surface area contributed by atoms with E-state index in [-0.39, 0.29) is 25.3 Å². The average molecular weight is 752 g/mol. The lowest BCUT2D eigenvalue weighted by Gasteiger charge is -2.34. The maximum Gasteiger partial charge on any atom is 0.350 e. The molecule has 0 saturated carbocycles. The Kier molecular flexibility index (Phi) is 13.2. The Hall–Kier alpha value is -4.20. The van der Waals surface area contributed by atoms with Gasteiger partial charge < -0.3 is 24.0 Å². The Bertz CT molecular complexity index is 1910. The summed E-state index contributed by atoms with van der Waals surface area (Å²) in [6.07, 6.45) is 5.30. The van der Waals surface area contributed by atoms with Crippen molar-refractivity contribution in [2.24, 2.45) is 0 Å². The first kappa shape index (κ1) is 39.0. The summed E-state index contributed by atoms with van der Waals surface area (Å²) in [5.74, 6) is -0.316. The SMILES string of the molecule is C.CCC(C)n1ncn(-c2ccc(N3CCN(C)CC3)cc2)c1=O.Cc1ccc(OCC2COC(Cn3cncn3)(c3ccc(Cl)cc3Cl)O2)cc1. The summed E-state index contributed by atoms with van der Waals surface area (Å²) < 4.78 is 23.1. The molecule has 0 amide bonds. The highest BCUT2D eigenvalue weighted by Crippen LogP contribution is 2.40. The number of likely N-dealkylation sites (N-methyl/N-ethyl adjacent to an activating group) is 1. The zero-order valence-electron chi connectivity index (χ0n) is 29.4. The van der Waals surface area contributed by atoms with Crippen molar-refractivity contribution in [2.75, 3.05) is 51.3 Å². The van der Waals surface area contributed by atoms with E-state index < -0.39 is 5.79 Å². The third-order valence-electron chi connectivity index (χ3n) is 9.19. The lowest BCUT2D eigenvalue weighted by molar-refractivity contribution is -0.190. The molecule has 0 spiro atoms. The highest BCUT2D eigenvalue weighted by Gasteiger charge is 2.45. The molecular weight excluding hydrogens is 703 g/mol. The molecule has 52 heavy (non-hydrogen) atoms. The maximum atomic E-state index is 12.4. The Morgan fingerprint density at radius 3 is 2.33 bits per heavy atom. The Labute approximate surface area is 315 Å². The monoisotopic (exact) mass is 750 g/mol. The molecule has 2 aliphatic heterocycles. The molecule has 12 nitrogen and oxygen atoms in total. The Morgan fingerprint density at radius 2 is 1.67 bits per heavy atom. The number of halogens is 2. The molecule has 2 aliphatic rings. The molecule has 3 aromatic carbocycles. The first-order chi connectivity index (χ1) is 24.6. The minimum Gasteiger partial charge on any atom is -0.491 e. The fourth-order valence-corrected chi connectivity index (χ4v) is 6.52. The van der Waals surface area contributed by atoms with Crippen molar-refractivity contribution in [2.45, 2.75) is 59.1 Å². The van der Waals surface area contributed by atoms with Crippen LogP contribution in [0.1, 0.15) is 44.9 Å². The zero-order valence-corrected chi connectivity index (χ0v) is 30.9. The van der Waals surface area contributed by atoms with Gasteiger partial charge in [-0.2, -0.15) is 10.2 Å². The van der Waals surface area contributed by atoms with Gasteiger partial charge in [0.15, 0.2) is 0 Å². The van der Waals surface area contributed by atoms with Crippen LogP contribution in [-0.2, 0) is 21.8 Å². The lowest BCUT2D eigenvalue weighted by atomic mass is 10.1. The van der Waals surface area contributed by atoms with E-state index in [2.05, 4.69) is 51.1 Å². The largest absolute Gasteiger partial charge is 0.491 e. The number of rotatable bonds is 10. The van der Waals surface area contributed by atoms with Crippen LogP contribution in [0.15, 0.2) is 90.5 Å². The van der Waals surface area contributed by atoms with E-state index in [1.54, 1.807) is 38.7 Å². The molecule has 0 aliphatic carbocycles. The van der Waals surface area contributed by atoms with Crippen LogP contribution in [0, 0.1) is 6.92 Å². The Morgan fingerprint density at radius 1 is 0.962 bits per heavy atom. The van der Waals surface area contributed by atoms with E-state index in [0.717, 1.165) is 44.0 Å². The summed E-state index contributed by atoms with van der Waals surface area (Å²) in [5.41, 5.74) is 3.86. The third kappa shape index (κ3) is 9.23. The van der Waals surface area contributed by atoms with Crippen molar-refractivity contribution in [1.29, 1.82) is 0 Å². The van der Waals surface area contributed by atoms with Crippen LogP contribution in [0.5, 0.6) is 5.75 Å². The third-order valence-corrected chi connectivity index (χ3v) is 9.74. The van der Waals surface area contributed by atoms with Crippen LogP contribution in [0.4, 0.5) is 5.69 Å². The van der Waals surface area contributed by atoms with Crippen LogP contribution in [0.2, 0.25) is 10.0 Å². The lowest BCUT2D eigenvalue weighted by Crippen LogP contribution is -2.44. The van der Waals surface area contributed by atoms with Crippen LogP contribution in [0.25, 0.3) is 5.69 Å². The topological polar surface area (TPSA) is 105 Å².